The van der Waals surface area contributed by atoms with Crippen LogP contribution in [0.1, 0.15) is 13.8 Å². The van der Waals surface area contributed by atoms with Gasteiger partial charge in [-0.1, -0.05) is 25.4 Å². The van der Waals surface area contributed by atoms with Crippen LogP contribution in [-0.2, 0) is 11.3 Å². The topological polar surface area (TPSA) is 66.0 Å². The van der Waals surface area contributed by atoms with Gasteiger partial charge in [-0.2, -0.15) is 5.10 Å². The Balaban J connectivity index is 2.02. The summed E-state index contributed by atoms with van der Waals surface area (Å²) in [5.41, 5.74) is 0.850. The second-order valence-corrected chi connectivity index (χ2v) is 6.15. The van der Waals surface area contributed by atoms with E-state index >= 15 is 0 Å². The van der Waals surface area contributed by atoms with E-state index in [4.69, 9.17) is 23.8 Å². The lowest BCUT2D eigenvalue weighted by Crippen LogP contribution is -2.36. The number of hydrogen-bond acceptors (Lipinski definition) is 4. The molecule has 6 nitrogen and oxygen atoms in total. The molecule has 2 rings (SSSR count). The van der Waals surface area contributed by atoms with E-state index in [1.165, 1.54) is 0 Å². The number of benzene rings is 1. The van der Waals surface area contributed by atoms with Crippen molar-refractivity contribution in [3.05, 3.63) is 34.1 Å². The number of halogens is 1. The smallest absolute Gasteiger partial charge is 0.240 e. The first kappa shape index (κ1) is 18.6. The first-order valence-electron chi connectivity index (χ1n) is 7.95. The van der Waals surface area contributed by atoms with Crippen molar-refractivity contribution >= 4 is 29.7 Å². The van der Waals surface area contributed by atoms with Gasteiger partial charge in [0.15, 0.2) is 10.6 Å². The molecule has 1 aromatic carbocycles. The molecule has 0 fully saturated rings. The van der Waals surface area contributed by atoms with Gasteiger partial charge < -0.3 is 10.2 Å². The molecule has 0 aliphatic rings. The number of H-pyrrole nitrogens is 1. The highest BCUT2D eigenvalue weighted by Gasteiger charge is 2.12. The largest absolute Gasteiger partial charge is 0.353 e. The summed E-state index contributed by atoms with van der Waals surface area (Å²) in [7, 11) is 0. The Kier molecular flexibility index (Phi) is 6.96. The summed E-state index contributed by atoms with van der Waals surface area (Å²) in [6.45, 7) is 7.73. The number of nitrogens with zero attached hydrogens (tertiary/aromatic N) is 3. The monoisotopic (exact) mass is 367 g/mol. The van der Waals surface area contributed by atoms with E-state index in [2.05, 4.69) is 34.3 Å². The van der Waals surface area contributed by atoms with Crippen molar-refractivity contribution in [2.75, 3.05) is 26.2 Å². The zero-order valence-electron chi connectivity index (χ0n) is 13.9. The van der Waals surface area contributed by atoms with Crippen molar-refractivity contribution in [3.63, 3.8) is 0 Å². The van der Waals surface area contributed by atoms with E-state index in [9.17, 15) is 4.79 Å². The minimum atomic E-state index is -0.0881. The highest BCUT2D eigenvalue weighted by Crippen LogP contribution is 2.19. The molecular weight excluding hydrogens is 346 g/mol. The predicted molar refractivity (Wildman–Crippen MR) is 98.7 cm³/mol. The molecular formula is C16H22ClN5OS. The molecule has 8 heteroatoms. The first-order chi connectivity index (χ1) is 11.5. The molecule has 2 N–H and O–H groups in total. The Hall–Kier alpha value is -1.70. The summed E-state index contributed by atoms with van der Waals surface area (Å²) < 4.78 is 2.10. The molecule has 1 amide bonds. The third kappa shape index (κ3) is 4.90. The number of aromatic nitrogens is 3. The minimum absolute atomic E-state index is 0.0881. The van der Waals surface area contributed by atoms with Gasteiger partial charge in [0.1, 0.15) is 6.54 Å². The lowest BCUT2D eigenvalue weighted by atomic mass is 10.2. The Bertz CT molecular complexity index is 721. The second kappa shape index (κ2) is 8.96. The van der Waals surface area contributed by atoms with Crippen molar-refractivity contribution < 1.29 is 4.79 Å². The van der Waals surface area contributed by atoms with Gasteiger partial charge in [0.05, 0.1) is 0 Å². The van der Waals surface area contributed by atoms with Gasteiger partial charge in [0.25, 0.3) is 0 Å². The van der Waals surface area contributed by atoms with Gasteiger partial charge in [0.2, 0.25) is 5.91 Å². The zero-order valence-corrected chi connectivity index (χ0v) is 15.5. The maximum absolute atomic E-state index is 12.2. The molecule has 0 bridgehead atoms. The average Bonchev–Trinajstić information content (AvgIpc) is 2.93. The number of amides is 1. The van der Waals surface area contributed by atoms with Crippen LogP contribution >= 0.6 is 23.8 Å². The lowest BCUT2D eigenvalue weighted by molar-refractivity contribution is -0.121. The summed E-state index contributed by atoms with van der Waals surface area (Å²) in [6.07, 6.45) is 0. The Morgan fingerprint density at radius 1 is 1.33 bits per heavy atom. The summed E-state index contributed by atoms with van der Waals surface area (Å²) in [4.78, 5) is 14.5. The van der Waals surface area contributed by atoms with E-state index in [1.807, 2.05) is 12.1 Å². The number of likely N-dealkylation sites (N-methyl/N-ethyl adjacent to an activating group) is 1. The molecule has 0 spiro atoms. The van der Waals surface area contributed by atoms with E-state index in [1.54, 1.807) is 16.7 Å². The van der Waals surface area contributed by atoms with Gasteiger partial charge in [-0.3, -0.25) is 14.5 Å². The van der Waals surface area contributed by atoms with Crippen molar-refractivity contribution in [2.45, 2.75) is 20.4 Å². The molecule has 0 radical (unpaired) electrons. The van der Waals surface area contributed by atoms with Crippen molar-refractivity contribution in [2.24, 2.45) is 0 Å². The SMILES string of the molecule is CCN(CC)CCNC(=O)Cn1c(-c2ccc(Cl)cc2)n[nH]c1=S. The number of carbonyl (C=O) groups excluding carboxylic acids is 1. The molecule has 0 atom stereocenters. The van der Waals surface area contributed by atoms with Crippen LogP contribution in [0.4, 0.5) is 0 Å². The van der Waals surface area contributed by atoms with Crippen molar-refractivity contribution in [3.8, 4) is 11.4 Å². The Morgan fingerprint density at radius 2 is 2.00 bits per heavy atom. The van der Waals surface area contributed by atoms with Gasteiger partial charge in [-0.25, -0.2) is 0 Å². The van der Waals surface area contributed by atoms with Crippen LogP contribution in [0.2, 0.25) is 5.02 Å². The quantitative estimate of drug-likeness (QED) is 0.704. The van der Waals surface area contributed by atoms with Crippen LogP contribution in [-0.4, -0.2) is 51.8 Å². The van der Waals surface area contributed by atoms with E-state index in [0.717, 1.165) is 25.2 Å². The average molecular weight is 368 g/mol. The minimum Gasteiger partial charge on any atom is -0.353 e. The fourth-order valence-corrected chi connectivity index (χ4v) is 2.70. The van der Waals surface area contributed by atoms with Gasteiger partial charge in [-0.05, 0) is 49.6 Å². The molecule has 2 aromatic rings. The second-order valence-electron chi connectivity index (χ2n) is 5.32. The maximum Gasteiger partial charge on any atom is 0.240 e. The highest BCUT2D eigenvalue weighted by atomic mass is 35.5. The summed E-state index contributed by atoms with van der Waals surface area (Å²) in [5.74, 6) is 0.533. The molecule has 1 heterocycles. The predicted octanol–water partition coefficient (Wildman–Crippen LogP) is 2.72. The molecule has 130 valence electrons. The van der Waals surface area contributed by atoms with Crippen LogP contribution in [0.25, 0.3) is 11.4 Å². The summed E-state index contributed by atoms with van der Waals surface area (Å²) in [5, 5.41) is 10.5. The fourth-order valence-electron chi connectivity index (χ4n) is 2.38. The summed E-state index contributed by atoms with van der Waals surface area (Å²) >= 11 is 11.2. The number of carbonyl (C=O) groups is 1. The fraction of sp³-hybridized carbons (Fsp3) is 0.438. The Morgan fingerprint density at radius 3 is 2.62 bits per heavy atom. The third-order valence-corrected chi connectivity index (χ3v) is 4.37. The molecule has 0 unspecified atom stereocenters. The third-order valence-electron chi connectivity index (χ3n) is 3.81. The van der Waals surface area contributed by atoms with E-state index < -0.39 is 0 Å². The molecule has 0 aliphatic carbocycles. The first-order valence-corrected chi connectivity index (χ1v) is 8.74. The lowest BCUT2D eigenvalue weighted by Gasteiger charge is -2.18. The number of rotatable bonds is 8. The molecule has 1 aromatic heterocycles. The maximum atomic E-state index is 12.2. The van der Waals surface area contributed by atoms with E-state index in [-0.39, 0.29) is 12.5 Å². The normalized spacial score (nSPS) is 11.0. The van der Waals surface area contributed by atoms with Crippen LogP contribution in [0.5, 0.6) is 0 Å². The van der Waals surface area contributed by atoms with Gasteiger partial charge in [-0.15, -0.1) is 0 Å². The van der Waals surface area contributed by atoms with Gasteiger partial charge >= 0.3 is 0 Å². The summed E-state index contributed by atoms with van der Waals surface area (Å²) in [6, 6.07) is 7.26. The number of aromatic amines is 1. The zero-order chi connectivity index (χ0) is 17.5. The molecule has 0 aliphatic heterocycles. The highest BCUT2D eigenvalue weighted by molar-refractivity contribution is 7.71. The van der Waals surface area contributed by atoms with Crippen LogP contribution < -0.4 is 5.32 Å². The number of hydrogen-bond donors (Lipinski definition) is 2. The van der Waals surface area contributed by atoms with Crippen LogP contribution in [0.15, 0.2) is 24.3 Å². The van der Waals surface area contributed by atoms with Crippen molar-refractivity contribution in [1.82, 2.24) is 25.0 Å². The molecule has 0 saturated heterocycles. The molecule has 0 saturated carbocycles. The standard InChI is InChI=1S/C16H22ClN5OS/c1-3-21(4-2)10-9-18-14(23)11-22-15(19-20-16(22)24)12-5-7-13(17)8-6-12/h5-8H,3-4,9-11H2,1-2H3,(H,18,23)(H,20,24). The number of nitrogens with one attached hydrogen (secondary N) is 2. The van der Waals surface area contributed by atoms with Crippen LogP contribution in [0.3, 0.4) is 0 Å². The van der Waals surface area contributed by atoms with Gasteiger partial charge in [0, 0.05) is 23.7 Å². The van der Waals surface area contributed by atoms with Crippen LogP contribution in [0, 0.1) is 4.77 Å². The van der Waals surface area contributed by atoms with E-state index in [0.29, 0.717) is 22.2 Å². The Labute approximate surface area is 151 Å². The molecule has 24 heavy (non-hydrogen) atoms. The van der Waals surface area contributed by atoms with Crippen molar-refractivity contribution in [1.29, 1.82) is 0 Å².